The number of hydrogen-bond donors (Lipinski definition) is 0. The fourth-order valence-corrected chi connectivity index (χ4v) is 6.63. The van der Waals surface area contributed by atoms with E-state index in [0.717, 1.165) is 58.6 Å². The molecule has 0 bridgehead atoms. The number of thiazole rings is 1. The van der Waals surface area contributed by atoms with E-state index in [1.54, 1.807) is 6.07 Å². The number of rotatable bonds is 5. The van der Waals surface area contributed by atoms with Crippen LogP contribution in [0.15, 0.2) is 52.9 Å². The van der Waals surface area contributed by atoms with Crippen molar-refractivity contribution in [3.8, 4) is 39.2 Å². The standard InChI is InChI=1S/C32H28N4O2S/c1-18(2)36-12-11-27-29(16-36)39-32(35-27)26-10-6-8-24(20(26)4)23-7-5-9-25(19(23)3)31-34-28-14-21(17-37)13-22(15-33)30(28)38-31/h5-10,13-14,17-18H,11-12,16H2,1-4H3. The van der Waals surface area contributed by atoms with Crippen LogP contribution in [0.3, 0.4) is 0 Å². The molecule has 3 aromatic carbocycles. The summed E-state index contributed by atoms with van der Waals surface area (Å²) in [5, 5.41) is 10.6. The summed E-state index contributed by atoms with van der Waals surface area (Å²) >= 11 is 1.81. The lowest BCUT2D eigenvalue weighted by Crippen LogP contribution is -2.35. The van der Waals surface area contributed by atoms with E-state index >= 15 is 0 Å². The highest BCUT2D eigenvalue weighted by molar-refractivity contribution is 7.15. The maximum absolute atomic E-state index is 11.3. The molecule has 0 spiro atoms. The first-order valence-corrected chi connectivity index (χ1v) is 13.9. The van der Waals surface area contributed by atoms with Gasteiger partial charge in [0.05, 0.1) is 11.3 Å². The highest BCUT2D eigenvalue weighted by atomic mass is 32.1. The third-order valence-corrected chi connectivity index (χ3v) is 8.79. The zero-order chi connectivity index (χ0) is 27.3. The van der Waals surface area contributed by atoms with Gasteiger partial charge in [-0.2, -0.15) is 5.26 Å². The van der Waals surface area contributed by atoms with Gasteiger partial charge in [0, 0.05) is 47.1 Å². The Hall–Kier alpha value is -4.12. The minimum absolute atomic E-state index is 0.299. The Morgan fingerprint density at radius 2 is 1.72 bits per heavy atom. The van der Waals surface area contributed by atoms with E-state index in [1.807, 2.05) is 23.5 Å². The lowest BCUT2D eigenvalue weighted by Gasteiger charge is -2.29. The highest BCUT2D eigenvalue weighted by Crippen LogP contribution is 2.39. The lowest BCUT2D eigenvalue weighted by atomic mass is 9.91. The van der Waals surface area contributed by atoms with Crippen LogP contribution in [0.25, 0.3) is 44.3 Å². The van der Waals surface area contributed by atoms with Crippen molar-refractivity contribution in [3.05, 3.63) is 81.4 Å². The molecular weight excluding hydrogens is 504 g/mol. The molecule has 0 saturated carbocycles. The van der Waals surface area contributed by atoms with Crippen LogP contribution in [0.4, 0.5) is 0 Å². The van der Waals surface area contributed by atoms with Gasteiger partial charge in [0.2, 0.25) is 5.89 Å². The van der Waals surface area contributed by atoms with Gasteiger partial charge in [0.1, 0.15) is 22.9 Å². The molecule has 1 aliphatic heterocycles. The van der Waals surface area contributed by atoms with Gasteiger partial charge in [-0.25, -0.2) is 9.97 Å². The number of carbonyl (C=O) groups excluding carboxylic acids is 1. The zero-order valence-corrected chi connectivity index (χ0v) is 23.2. The summed E-state index contributed by atoms with van der Waals surface area (Å²) in [5.74, 6) is 0.431. The second-order valence-corrected chi connectivity index (χ2v) is 11.4. The Bertz CT molecular complexity index is 1790. The van der Waals surface area contributed by atoms with E-state index in [1.165, 1.54) is 22.2 Å². The van der Waals surface area contributed by atoms with Crippen LogP contribution in [-0.4, -0.2) is 33.7 Å². The number of hydrogen-bond acceptors (Lipinski definition) is 7. The molecule has 0 fully saturated rings. The number of nitriles is 1. The average molecular weight is 533 g/mol. The third-order valence-electron chi connectivity index (χ3n) is 7.68. The van der Waals surface area contributed by atoms with Crippen molar-refractivity contribution in [2.45, 2.75) is 46.7 Å². The number of oxazole rings is 1. The third kappa shape index (κ3) is 4.36. The molecule has 5 aromatic rings. The van der Waals surface area contributed by atoms with Crippen LogP contribution >= 0.6 is 11.3 Å². The first-order chi connectivity index (χ1) is 18.9. The summed E-state index contributed by atoms with van der Waals surface area (Å²) in [4.78, 5) is 24.9. The quantitative estimate of drug-likeness (QED) is 0.220. The maximum Gasteiger partial charge on any atom is 0.227 e. The monoisotopic (exact) mass is 532 g/mol. The molecule has 0 atom stereocenters. The molecule has 2 aromatic heterocycles. The zero-order valence-electron chi connectivity index (χ0n) is 22.4. The van der Waals surface area contributed by atoms with Crippen molar-refractivity contribution < 1.29 is 9.21 Å². The Labute approximate surface area is 231 Å². The highest BCUT2D eigenvalue weighted by Gasteiger charge is 2.24. The molecule has 0 unspecified atom stereocenters. The van der Waals surface area contributed by atoms with Crippen molar-refractivity contribution in [1.82, 2.24) is 14.9 Å². The van der Waals surface area contributed by atoms with Gasteiger partial charge >= 0.3 is 0 Å². The molecule has 3 heterocycles. The minimum atomic E-state index is 0.299. The van der Waals surface area contributed by atoms with Crippen LogP contribution in [0.5, 0.6) is 0 Å². The molecule has 6 rings (SSSR count). The molecule has 0 saturated heterocycles. The molecule has 0 radical (unpaired) electrons. The number of benzene rings is 3. The molecule has 6 nitrogen and oxygen atoms in total. The summed E-state index contributed by atoms with van der Waals surface area (Å²) in [6.45, 7) is 10.8. The Morgan fingerprint density at radius 1 is 1.03 bits per heavy atom. The second kappa shape index (κ2) is 9.88. The normalized spacial score (nSPS) is 13.5. The maximum atomic E-state index is 11.3. The van der Waals surface area contributed by atoms with Gasteiger partial charge in [-0.3, -0.25) is 9.69 Å². The molecule has 0 N–H and O–H groups in total. The number of carbonyl (C=O) groups is 1. The molecule has 0 aliphatic carbocycles. The topological polar surface area (TPSA) is 83.0 Å². The Balaban J connectivity index is 1.41. The number of aldehydes is 1. The van der Waals surface area contributed by atoms with E-state index in [0.29, 0.717) is 34.2 Å². The van der Waals surface area contributed by atoms with E-state index in [2.05, 4.69) is 67.9 Å². The van der Waals surface area contributed by atoms with E-state index in [4.69, 9.17) is 9.40 Å². The SMILES string of the molecule is Cc1c(-c2nc3cc(C=O)cc(C#N)c3o2)cccc1-c1cccc(-c2nc3c(s2)CN(C(C)C)CC3)c1C. The first kappa shape index (κ1) is 25.2. The van der Waals surface area contributed by atoms with Gasteiger partial charge in [-0.15, -0.1) is 11.3 Å². The summed E-state index contributed by atoms with van der Waals surface area (Å²) in [5.41, 5.74) is 9.29. The fraction of sp³-hybridized carbons (Fsp3) is 0.250. The van der Waals surface area contributed by atoms with Crippen LogP contribution in [0, 0.1) is 25.2 Å². The minimum Gasteiger partial charge on any atom is -0.435 e. The Kier molecular flexibility index (Phi) is 6.38. The van der Waals surface area contributed by atoms with E-state index in [-0.39, 0.29) is 0 Å². The lowest BCUT2D eigenvalue weighted by molar-refractivity contribution is 0.112. The van der Waals surface area contributed by atoms with Gasteiger partial charge in [-0.05, 0) is 68.1 Å². The molecule has 39 heavy (non-hydrogen) atoms. The summed E-state index contributed by atoms with van der Waals surface area (Å²) < 4.78 is 6.08. The van der Waals surface area contributed by atoms with Gasteiger partial charge in [0.25, 0.3) is 0 Å². The van der Waals surface area contributed by atoms with Crippen molar-refractivity contribution in [3.63, 3.8) is 0 Å². The second-order valence-electron chi connectivity index (χ2n) is 10.3. The predicted molar refractivity (Wildman–Crippen MR) is 155 cm³/mol. The smallest absolute Gasteiger partial charge is 0.227 e. The first-order valence-electron chi connectivity index (χ1n) is 13.1. The van der Waals surface area contributed by atoms with Gasteiger partial charge in [-0.1, -0.05) is 30.3 Å². The van der Waals surface area contributed by atoms with Gasteiger partial charge in [0.15, 0.2) is 5.58 Å². The van der Waals surface area contributed by atoms with E-state index < -0.39 is 0 Å². The van der Waals surface area contributed by atoms with Crippen LogP contribution in [-0.2, 0) is 13.0 Å². The predicted octanol–water partition coefficient (Wildman–Crippen LogP) is 7.35. The number of aromatic nitrogens is 2. The summed E-state index contributed by atoms with van der Waals surface area (Å²) in [6.07, 6.45) is 1.71. The van der Waals surface area contributed by atoms with Crippen LogP contribution < -0.4 is 0 Å². The molecule has 7 heteroatoms. The number of fused-ring (bicyclic) bond motifs is 2. The molecule has 0 amide bonds. The summed E-state index contributed by atoms with van der Waals surface area (Å²) in [7, 11) is 0. The molecular formula is C32H28N4O2S. The van der Waals surface area contributed by atoms with Gasteiger partial charge < -0.3 is 4.42 Å². The molecule has 1 aliphatic rings. The Morgan fingerprint density at radius 3 is 2.41 bits per heavy atom. The van der Waals surface area contributed by atoms with Crippen molar-refractivity contribution in [2.75, 3.05) is 6.54 Å². The fourth-order valence-electron chi connectivity index (χ4n) is 5.41. The summed E-state index contributed by atoms with van der Waals surface area (Å²) in [6, 6.07) is 18.3. The van der Waals surface area contributed by atoms with Crippen LogP contribution in [0.2, 0.25) is 0 Å². The molecule has 194 valence electrons. The number of nitrogens with zero attached hydrogens (tertiary/aromatic N) is 4. The van der Waals surface area contributed by atoms with Crippen molar-refractivity contribution >= 4 is 28.7 Å². The average Bonchev–Trinajstić information content (AvgIpc) is 3.56. The van der Waals surface area contributed by atoms with Crippen molar-refractivity contribution in [2.24, 2.45) is 0 Å². The largest absolute Gasteiger partial charge is 0.435 e. The van der Waals surface area contributed by atoms with Crippen molar-refractivity contribution in [1.29, 1.82) is 5.26 Å². The van der Waals surface area contributed by atoms with Crippen LogP contribution in [0.1, 0.15) is 51.5 Å². The van der Waals surface area contributed by atoms with E-state index in [9.17, 15) is 10.1 Å².